The van der Waals surface area contributed by atoms with Crippen molar-refractivity contribution in [3.05, 3.63) is 30.3 Å². The molecule has 0 fully saturated rings. The van der Waals surface area contributed by atoms with Gasteiger partial charge < -0.3 is 4.74 Å². The van der Waals surface area contributed by atoms with Crippen LogP contribution in [-0.4, -0.2) is 13.4 Å². The Morgan fingerprint density at radius 1 is 1.14 bits per heavy atom. The van der Waals surface area contributed by atoms with Crippen molar-refractivity contribution in [1.82, 2.24) is 0 Å². The predicted molar refractivity (Wildman–Crippen MR) is 68.2 cm³/mol. The predicted octanol–water partition coefficient (Wildman–Crippen LogP) is -1.88. The molecule has 0 spiro atoms. The van der Waals surface area contributed by atoms with Crippen molar-refractivity contribution in [2.24, 2.45) is 0 Å². The van der Waals surface area contributed by atoms with Crippen molar-refractivity contribution in [2.45, 2.75) is 18.5 Å². The molecule has 0 amide bonds. The van der Waals surface area contributed by atoms with Crippen LogP contribution < -0.4 is 27.9 Å². The number of aromatic nitrogens is 1. The normalized spacial score (nSPS) is 11.0. The van der Waals surface area contributed by atoms with Gasteiger partial charge in [-0.15, -0.1) is 10.2 Å². The second-order valence-corrected chi connectivity index (χ2v) is 5.51. The van der Waals surface area contributed by atoms with Crippen LogP contribution in [0.1, 0.15) is 6.92 Å². The van der Waals surface area contributed by atoms with Crippen molar-refractivity contribution >= 4 is 22.7 Å². The molecule has 0 atom stereocenters. The van der Waals surface area contributed by atoms with Crippen LogP contribution in [0.5, 0.6) is 5.75 Å². The smallest absolute Gasteiger partial charge is 0.240 e. The van der Waals surface area contributed by atoms with E-state index in [0.717, 1.165) is 12.3 Å². The van der Waals surface area contributed by atoms with E-state index in [0.29, 0.717) is 0 Å². The molecular formula is C13H16ClNO5S. The van der Waals surface area contributed by atoms with Gasteiger partial charge in [0.15, 0.2) is 0 Å². The van der Waals surface area contributed by atoms with Gasteiger partial charge >= 0.3 is 0 Å². The lowest BCUT2D eigenvalue weighted by Gasteiger charge is -2.17. The zero-order valence-corrected chi connectivity index (χ0v) is 13.4. The standard InChI is InChI=1S/C13H16NOS.ClHO4/c1-4-14-12-7-6-11(15-2)9-10(12)5-8-13(14)16-3;2-1(3,4)5/h5-9H,4H2,1-3H3;(H,2,3,4,5)/q+1;/p-1. The number of aryl methyl sites for hydroxylation is 1. The molecule has 2 rings (SSSR count). The highest BCUT2D eigenvalue weighted by atomic mass is 35.7. The number of ether oxygens (including phenoxy) is 1. The maximum absolute atomic E-state index is 8.49. The highest BCUT2D eigenvalue weighted by Gasteiger charge is 2.13. The molecule has 1 aromatic heterocycles. The van der Waals surface area contributed by atoms with E-state index in [4.69, 9.17) is 23.4 Å². The molecule has 0 N–H and O–H groups in total. The van der Waals surface area contributed by atoms with E-state index >= 15 is 0 Å². The molecule has 116 valence electrons. The Balaban J connectivity index is 0.000000383. The Hall–Kier alpha value is -1.09. The van der Waals surface area contributed by atoms with Crippen LogP contribution in [0.4, 0.5) is 0 Å². The fraction of sp³-hybridized carbons (Fsp3) is 0.308. The number of methoxy groups -OCH3 is 1. The summed E-state index contributed by atoms with van der Waals surface area (Å²) in [5, 5.41) is 2.51. The van der Waals surface area contributed by atoms with Crippen LogP contribution in [0.3, 0.4) is 0 Å². The first kappa shape index (κ1) is 18.0. The van der Waals surface area contributed by atoms with E-state index in [1.54, 1.807) is 18.9 Å². The fourth-order valence-corrected chi connectivity index (χ4v) is 2.57. The van der Waals surface area contributed by atoms with E-state index in [2.05, 4.69) is 42.0 Å². The molecule has 6 nitrogen and oxygen atoms in total. The van der Waals surface area contributed by atoms with Crippen LogP contribution in [0.15, 0.2) is 35.4 Å². The molecule has 21 heavy (non-hydrogen) atoms. The molecule has 2 aromatic rings. The molecule has 0 bridgehead atoms. The molecule has 1 heterocycles. The number of hydrogen-bond acceptors (Lipinski definition) is 6. The number of benzene rings is 1. The summed E-state index contributed by atoms with van der Waals surface area (Å²) in [6, 6.07) is 10.5. The lowest BCUT2D eigenvalue weighted by molar-refractivity contribution is -2.00. The average molecular weight is 334 g/mol. The van der Waals surface area contributed by atoms with Gasteiger partial charge in [-0.2, -0.15) is 4.57 Å². The summed E-state index contributed by atoms with van der Waals surface area (Å²) in [6.07, 6.45) is 2.11. The molecular weight excluding hydrogens is 318 g/mol. The minimum Gasteiger partial charge on any atom is -0.497 e. The summed E-state index contributed by atoms with van der Waals surface area (Å²) < 4.78 is 41.5. The van der Waals surface area contributed by atoms with Gasteiger partial charge in [0.1, 0.15) is 12.3 Å². The summed E-state index contributed by atoms with van der Waals surface area (Å²) in [5.74, 6) is 0.909. The zero-order chi connectivity index (χ0) is 16.0. The molecule has 0 aliphatic rings. The molecule has 0 unspecified atom stereocenters. The number of pyridine rings is 1. The lowest BCUT2D eigenvalue weighted by atomic mass is 10.2. The minimum absolute atomic E-state index is 0.909. The maximum atomic E-state index is 8.49. The number of halogens is 1. The van der Waals surface area contributed by atoms with Gasteiger partial charge in [0.05, 0.1) is 12.5 Å². The van der Waals surface area contributed by atoms with Crippen LogP contribution in [-0.2, 0) is 6.54 Å². The summed E-state index contributed by atoms with van der Waals surface area (Å²) in [7, 11) is -3.24. The second kappa shape index (κ2) is 7.79. The third-order valence-electron chi connectivity index (χ3n) is 2.72. The quantitative estimate of drug-likeness (QED) is 0.481. The van der Waals surface area contributed by atoms with E-state index in [1.165, 1.54) is 15.9 Å². The fourth-order valence-electron chi connectivity index (χ4n) is 1.91. The summed E-state index contributed by atoms with van der Waals surface area (Å²) in [6.45, 7) is 3.16. The monoisotopic (exact) mass is 333 g/mol. The van der Waals surface area contributed by atoms with Crippen LogP contribution in [0, 0.1) is 10.2 Å². The molecule has 0 radical (unpaired) electrons. The lowest BCUT2D eigenvalue weighted by Crippen LogP contribution is -2.68. The average Bonchev–Trinajstić information content (AvgIpc) is 2.43. The number of nitrogens with zero attached hydrogens (tertiary/aromatic N) is 1. The molecule has 1 aromatic carbocycles. The van der Waals surface area contributed by atoms with E-state index in [1.807, 2.05) is 6.07 Å². The first-order chi connectivity index (χ1) is 9.80. The van der Waals surface area contributed by atoms with E-state index < -0.39 is 10.2 Å². The molecule has 0 aliphatic carbocycles. The SMILES string of the molecule is CC[n+]1c(SC)ccc2cc(OC)ccc21.[O-][Cl+3]([O-])([O-])[O-]. The Morgan fingerprint density at radius 2 is 1.76 bits per heavy atom. The van der Waals surface area contributed by atoms with Gasteiger partial charge in [-0.3, -0.25) is 0 Å². The molecule has 0 saturated heterocycles. The van der Waals surface area contributed by atoms with Gasteiger partial charge in [-0.1, -0.05) is 11.8 Å². The van der Waals surface area contributed by atoms with E-state index in [-0.39, 0.29) is 0 Å². The number of thioether (sulfide) groups is 1. The first-order valence-electron chi connectivity index (χ1n) is 5.96. The highest BCUT2D eigenvalue weighted by molar-refractivity contribution is 7.98. The molecule has 0 aliphatic heterocycles. The maximum Gasteiger partial charge on any atom is 0.240 e. The molecule has 0 saturated carbocycles. The third-order valence-corrected chi connectivity index (χ3v) is 3.50. The van der Waals surface area contributed by atoms with Crippen molar-refractivity contribution in [3.8, 4) is 5.75 Å². The molecule has 8 heteroatoms. The largest absolute Gasteiger partial charge is 0.497 e. The number of rotatable bonds is 3. The number of fused-ring (bicyclic) bond motifs is 1. The van der Waals surface area contributed by atoms with Crippen LogP contribution in [0.25, 0.3) is 10.9 Å². The van der Waals surface area contributed by atoms with Crippen molar-refractivity contribution < 1.29 is 38.2 Å². The number of hydrogen-bond donors (Lipinski definition) is 0. The van der Waals surface area contributed by atoms with E-state index in [9.17, 15) is 0 Å². The van der Waals surface area contributed by atoms with Crippen molar-refractivity contribution in [1.29, 1.82) is 0 Å². The second-order valence-electron chi connectivity index (χ2n) is 3.92. The van der Waals surface area contributed by atoms with Gasteiger partial charge in [0.25, 0.3) is 0 Å². The Kier molecular flexibility index (Phi) is 6.66. The van der Waals surface area contributed by atoms with Crippen LogP contribution in [0.2, 0.25) is 0 Å². The van der Waals surface area contributed by atoms with Crippen molar-refractivity contribution in [3.63, 3.8) is 0 Å². The zero-order valence-electron chi connectivity index (χ0n) is 11.9. The Labute approximate surface area is 129 Å². The summed E-state index contributed by atoms with van der Waals surface area (Å²) >= 11 is 1.78. The summed E-state index contributed by atoms with van der Waals surface area (Å²) in [4.78, 5) is 0. The highest BCUT2D eigenvalue weighted by Crippen LogP contribution is 2.21. The topological polar surface area (TPSA) is 105 Å². The van der Waals surface area contributed by atoms with Crippen LogP contribution >= 0.6 is 11.8 Å². The minimum atomic E-state index is -4.94. The summed E-state index contributed by atoms with van der Waals surface area (Å²) in [5.41, 5.74) is 1.26. The Bertz CT molecular complexity index is 597. The Morgan fingerprint density at radius 3 is 2.24 bits per heavy atom. The van der Waals surface area contributed by atoms with Gasteiger partial charge in [0.2, 0.25) is 10.5 Å². The van der Waals surface area contributed by atoms with Gasteiger partial charge in [-0.05, 0) is 31.4 Å². The third kappa shape index (κ3) is 5.66. The van der Waals surface area contributed by atoms with Crippen molar-refractivity contribution in [2.75, 3.05) is 13.4 Å². The van der Waals surface area contributed by atoms with Gasteiger partial charge in [0, 0.05) is 12.1 Å². The first-order valence-corrected chi connectivity index (χ1v) is 8.42. The van der Waals surface area contributed by atoms with Gasteiger partial charge in [-0.25, -0.2) is 18.6 Å².